The Labute approximate surface area is 197 Å². The van der Waals surface area contributed by atoms with Gasteiger partial charge in [0.1, 0.15) is 28.5 Å². The predicted molar refractivity (Wildman–Crippen MR) is 121 cm³/mol. The van der Waals surface area contributed by atoms with Gasteiger partial charge in [-0.15, -0.1) is 0 Å². The van der Waals surface area contributed by atoms with Crippen LogP contribution in [0.25, 0.3) is 11.0 Å². The Hall–Kier alpha value is -4.47. The first-order valence-electron chi connectivity index (χ1n) is 10.8. The van der Waals surface area contributed by atoms with Gasteiger partial charge in [0.2, 0.25) is 5.76 Å². The number of furan rings is 2. The minimum absolute atomic E-state index is 0.0207. The molecule has 0 aliphatic carbocycles. The molecule has 4 aromatic rings. The molecular weight excluding hydrogens is 460 g/mol. The number of anilines is 1. The number of piperazine rings is 1. The van der Waals surface area contributed by atoms with E-state index in [0.29, 0.717) is 11.0 Å². The van der Waals surface area contributed by atoms with E-state index in [1.54, 1.807) is 41.3 Å². The molecule has 1 saturated heterocycles. The third kappa shape index (κ3) is 4.14. The molecule has 0 saturated carbocycles. The van der Waals surface area contributed by atoms with Crippen molar-refractivity contribution in [1.29, 1.82) is 0 Å². The highest BCUT2D eigenvalue weighted by Crippen LogP contribution is 2.33. The fourth-order valence-corrected chi connectivity index (χ4v) is 4.02. The van der Waals surface area contributed by atoms with Gasteiger partial charge >= 0.3 is 0 Å². The Balaban J connectivity index is 1.40. The lowest BCUT2D eigenvalue weighted by atomic mass is 10.1. The Kier molecular flexibility index (Phi) is 5.77. The van der Waals surface area contributed by atoms with Crippen LogP contribution in [0.15, 0.2) is 69.7 Å². The number of fused-ring (bicyclic) bond motifs is 1. The van der Waals surface area contributed by atoms with E-state index in [1.165, 1.54) is 11.2 Å². The van der Waals surface area contributed by atoms with Gasteiger partial charge in [0, 0.05) is 31.6 Å². The van der Waals surface area contributed by atoms with Crippen molar-refractivity contribution in [2.24, 2.45) is 0 Å². The monoisotopic (exact) mass is 479 g/mol. The quantitative estimate of drug-likeness (QED) is 0.474. The van der Waals surface area contributed by atoms with Gasteiger partial charge in [0.05, 0.1) is 6.26 Å². The Morgan fingerprint density at radius 2 is 1.46 bits per heavy atom. The van der Waals surface area contributed by atoms with Crippen LogP contribution in [-0.2, 0) is 0 Å². The highest BCUT2D eigenvalue weighted by molar-refractivity contribution is 6.14. The first-order chi connectivity index (χ1) is 16.9. The molecule has 1 N–H and O–H groups in total. The molecule has 0 spiro atoms. The fourth-order valence-electron chi connectivity index (χ4n) is 4.02. The number of nitrogens with one attached hydrogen (secondary N) is 1. The van der Waals surface area contributed by atoms with Crippen molar-refractivity contribution in [2.45, 2.75) is 0 Å². The van der Waals surface area contributed by atoms with Gasteiger partial charge in [-0.1, -0.05) is 18.2 Å². The lowest BCUT2D eigenvalue weighted by Crippen LogP contribution is -2.50. The van der Waals surface area contributed by atoms with E-state index >= 15 is 0 Å². The Bertz CT molecular complexity index is 1400. The van der Waals surface area contributed by atoms with E-state index in [9.17, 15) is 23.2 Å². The average molecular weight is 479 g/mol. The van der Waals surface area contributed by atoms with Gasteiger partial charge in [-0.25, -0.2) is 8.78 Å². The van der Waals surface area contributed by atoms with Crippen LogP contribution in [0.2, 0.25) is 0 Å². The van der Waals surface area contributed by atoms with Crippen molar-refractivity contribution in [2.75, 3.05) is 31.5 Å². The number of carbonyl (C=O) groups is 3. The van der Waals surface area contributed by atoms with Crippen LogP contribution in [0.3, 0.4) is 0 Å². The Morgan fingerprint density at radius 3 is 2.11 bits per heavy atom. The number of nitrogens with zero attached hydrogens (tertiary/aromatic N) is 2. The van der Waals surface area contributed by atoms with E-state index in [2.05, 4.69) is 5.32 Å². The van der Waals surface area contributed by atoms with Crippen LogP contribution in [0.4, 0.5) is 14.5 Å². The summed E-state index contributed by atoms with van der Waals surface area (Å²) in [6, 6.07) is 12.9. The molecule has 178 valence electrons. The van der Waals surface area contributed by atoms with Crippen LogP contribution in [0.1, 0.15) is 31.5 Å². The second kappa shape index (κ2) is 9.05. The molecule has 1 aliphatic rings. The van der Waals surface area contributed by atoms with Crippen molar-refractivity contribution in [3.8, 4) is 0 Å². The summed E-state index contributed by atoms with van der Waals surface area (Å²) in [6.07, 6.45) is 1.41. The smallest absolute Gasteiger partial charge is 0.291 e. The van der Waals surface area contributed by atoms with Gasteiger partial charge in [0.15, 0.2) is 5.76 Å². The number of carbonyl (C=O) groups excluding carboxylic acids is 3. The SMILES string of the molecule is O=C(Nc1c(C(=O)N2CCN(C(=O)c3ccco3)CC2)oc2ccccc12)c1c(F)cccc1F. The molecule has 3 amide bonds. The van der Waals surface area contributed by atoms with Gasteiger partial charge in [-0.3, -0.25) is 14.4 Å². The average Bonchev–Trinajstić information content (AvgIpc) is 3.52. The number of halogens is 2. The molecule has 0 radical (unpaired) electrons. The molecule has 1 aliphatic heterocycles. The van der Waals surface area contributed by atoms with E-state index in [1.807, 2.05) is 0 Å². The molecule has 2 aromatic carbocycles. The minimum Gasteiger partial charge on any atom is -0.459 e. The normalized spacial score (nSPS) is 13.8. The molecule has 8 nitrogen and oxygen atoms in total. The number of rotatable bonds is 4. The largest absolute Gasteiger partial charge is 0.459 e. The lowest BCUT2D eigenvalue weighted by Gasteiger charge is -2.34. The van der Waals surface area contributed by atoms with Crippen molar-refractivity contribution in [1.82, 2.24) is 9.80 Å². The second-order valence-electron chi connectivity index (χ2n) is 7.91. The van der Waals surface area contributed by atoms with Crippen molar-refractivity contribution in [3.63, 3.8) is 0 Å². The number of hydrogen-bond donors (Lipinski definition) is 1. The molecule has 3 heterocycles. The third-order valence-electron chi connectivity index (χ3n) is 5.80. The number of benzene rings is 2. The van der Waals surface area contributed by atoms with Gasteiger partial charge < -0.3 is 24.0 Å². The summed E-state index contributed by atoms with van der Waals surface area (Å²) in [7, 11) is 0. The number of hydrogen-bond acceptors (Lipinski definition) is 5. The summed E-state index contributed by atoms with van der Waals surface area (Å²) in [5.74, 6) is -3.84. The van der Waals surface area contributed by atoms with E-state index in [4.69, 9.17) is 8.83 Å². The van der Waals surface area contributed by atoms with Gasteiger partial charge in [-0.2, -0.15) is 0 Å². The molecule has 5 rings (SSSR count). The van der Waals surface area contributed by atoms with Crippen LogP contribution in [-0.4, -0.2) is 53.7 Å². The highest BCUT2D eigenvalue weighted by atomic mass is 19.1. The molecule has 35 heavy (non-hydrogen) atoms. The predicted octanol–water partition coefficient (Wildman–Crippen LogP) is 4.15. The molecule has 0 unspecified atom stereocenters. The van der Waals surface area contributed by atoms with Crippen LogP contribution in [0.5, 0.6) is 0 Å². The van der Waals surface area contributed by atoms with E-state index < -0.39 is 29.0 Å². The lowest BCUT2D eigenvalue weighted by molar-refractivity contribution is 0.0504. The summed E-state index contributed by atoms with van der Waals surface area (Å²) in [4.78, 5) is 41.7. The summed E-state index contributed by atoms with van der Waals surface area (Å²) < 4.78 is 39.2. The maximum absolute atomic E-state index is 14.2. The second-order valence-corrected chi connectivity index (χ2v) is 7.91. The molecule has 1 fully saturated rings. The van der Waals surface area contributed by atoms with Crippen molar-refractivity contribution in [3.05, 3.63) is 89.6 Å². The molecule has 2 aromatic heterocycles. The molecule has 0 bridgehead atoms. The summed E-state index contributed by atoms with van der Waals surface area (Å²) >= 11 is 0. The van der Waals surface area contributed by atoms with Crippen molar-refractivity contribution >= 4 is 34.4 Å². The van der Waals surface area contributed by atoms with Crippen LogP contribution >= 0.6 is 0 Å². The van der Waals surface area contributed by atoms with Gasteiger partial charge in [0.25, 0.3) is 17.7 Å². The Morgan fingerprint density at radius 1 is 0.800 bits per heavy atom. The van der Waals surface area contributed by atoms with Crippen LogP contribution < -0.4 is 5.32 Å². The summed E-state index contributed by atoms with van der Waals surface area (Å²) in [6.45, 7) is 0.983. The minimum atomic E-state index is -1.05. The molecule has 10 heteroatoms. The number of para-hydroxylation sites is 1. The fraction of sp³-hybridized carbons (Fsp3) is 0.160. The zero-order chi connectivity index (χ0) is 24.5. The van der Waals surface area contributed by atoms with Gasteiger partial charge in [-0.05, 0) is 36.4 Å². The van der Waals surface area contributed by atoms with E-state index in [0.717, 1.165) is 18.2 Å². The first kappa shape index (κ1) is 22.3. The maximum atomic E-state index is 14.2. The third-order valence-corrected chi connectivity index (χ3v) is 5.80. The zero-order valence-corrected chi connectivity index (χ0v) is 18.3. The topological polar surface area (TPSA) is 96.0 Å². The highest BCUT2D eigenvalue weighted by Gasteiger charge is 2.31. The standard InChI is InChI=1S/C25H19F2N3O5/c26-16-6-3-7-17(27)20(16)23(31)28-21-15-5-1-2-8-18(15)35-22(21)25(33)30-12-10-29(11-13-30)24(32)19-9-4-14-34-19/h1-9,14H,10-13H2,(H,28,31). The summed E-state index contributed by atoms with van der Waals surface area (Å²) in [5.41, 5.74) is -0.416. The maximum Gasteiger partial charge on any atom is 0.291 e. The molecular formula is C25H19F2N3O5. The van der Waals surface area contributed by atoms with Crippen molar-refractivity contribution < 1.29 is 32.0 Å². The zero-order valence-electron chi connectivity index (χ0n) is 18.3. The van der Waals surface area contributed by atoms with Crippen LogP contribution in [0, 0.1) is 11.6 Å². The summed E-state index contributed by atoms with van der Waals surface area (Å²) in [5, 5.41) is 2.87. The van der Waals surface area contributed by atoms with E-state index in [-0.39, 0.29) is 49.3 Å². The number of amides is 3. The first-order valence-corrected chi connectivity index (χ1v) is 10.8. The molecule has 0 atom stereocenters.